The molecule has 0 spiro atoms. The Balaban J connectivity index is 1.46. The monoisotopic (exact) mass is 710 g/mol. The Morgan fingerprint density at radius 3 is 2.46 bits per heavy atom. The maximum Gasteiger partial charge on any atom is 0.266 e. The molecular formula is C37H39BrN6O4. The fourth-order valence-electron chi connectivity index (χ4n) is 5.65. The molecule has 10 nitrogen and oxygen atoms in total. The molecule has 1 heterocycles. The summed E-state index contributed by atoms with van der Waals surface area (Å²) in [4.78, 5) is 22.6. The Bertz CT molecular complexity index is 1710. The first kappa shape index (κ1) is 34.7. The number of nitrogens with zero attached hydrogens (tertiary/aromatic N) is 4. The Hall–Kier alpha value is -4.67. The number of aryl methyl sites for hydroxylation is 1. The van der Waals surface area contributed by atoms with Gasteiger partial charge in [-0.1, -0.05) is 87.8 Å². The standard InChI is InChI=1S/C37H39BrN6O4/c38-31-18-14-28(15-19-31)25-37(36(46)43-40-22-7-6-11-27-9-2-1-3-10-27)34(33-13-5-4-12-30(33)26-41-44-39)48-35(42-37)29-16-20-32(21-17-29)47-24-8-23-45/h1-5,9-10,12-21,34,40,45H,6-8,11,22-26H2,(H,43,46)/t34-,37-/m0/s1. The fourth-order valence-corrected chi connectivity index (χ4v) is 5.92. The molecule has 1 amide bonds. The van der Waals surface area contributed by atoms with E-state index >= 15 is 0 Å². The van der Waals surface area contributed by atoms with E-state index in [9.17, 15) is 4.79 Å². The molecule has 0 aliphatic carbocycles. The van der Waals surface area contributed by atoms with Gasteiger partial charge in [0.15, 0.2) is 11.6 Å². The van der Waals surface area contributed by atoms with Crippen molar-refractivity contribution in [2.24, 2.45) is 10.1 Å². The van der Waals surface area contributed by atoms with Gasteiger partial charge in [0.1, 0.15) is 5.75 Å². The number of rotatable bonds is 17. The van der Waals surface area contributed by atoms with Crippen LogP contribution in [0.15, 0.2) is 118 Å². The third-order valence-corrected chi connectivity index (χ3v) is 8.65. The third-order valence-electron chi connectivity index (χ3n) is 8.12. The maximum absolute atomic E-state index is 14.5. The second-order valence-corrected chi connectivity index (χ2v) is 12.4. The minimum atomic E-state index is -1.41. The highest BCUT2D eigenvalue weighted by Crippen LogP contribution is 2.44. The van der Waals surface area contributed by atoms with Gasteiger partial charge in [-0.15, -0.1) is 0 Å². The Morgan fingerprint density at radius 2 is 1.71 bits per heavy atom. The minimum absolute atomic E-state index is 0.0519. The zero-order chi connectivity index (χ0) is 33.6. The summed E-state index contributed by atoms with van der Waals surface area (Å²) in [7, 11) is 0. The zero-order valence-electron chi connectivity index (χ0n) is 26.6. The van der Waals surface area contributed by atoms with Crippen LogP contribution in [0.4, 0.5) is 0 Å². The van der Waals surface area contributed by atoms with Gasteiger partial charge in [-0.05, 0) is 83.4 Å². The second kappa shape index (κ2) is 17.5. The van der Waals surface area contributed by atoms with E-state index in [1.165, 1.54) is 5.56 Å². The van der Waals surface area contributed by atoms with Crippen LogP contribution in [0.3, 0.4) is 0 Å². The quantitative estimate of drug-likeness (QED) is 0.0351. The second-order valence-electron chi connectivity index (χ2n) is 11.5. The van der Waals surface area contributed by atoms with E-state index < -0.39 is 11.6 Å². The summed E-state index contributed by atoms with van der Waals surface area (Å²) >= 11 is 3.51. The summed E-state index contributed by atoms with van der Waals surface area (Å²) in [6.07, 6.45) is 2.74. The molecule has 0 bridgehead atoms. The van der Waals surface area contributed by atoms with Crippen LogP contribution in [0.2, 0.25) is 0 Å². The smallest absolute Gasteiger partial charge is 0.266 e. The van der Waals surface area contributed by atoms with Crippen molar-refractivity contribution in [2.45, 2.75) is 50.3 Å². The first-order valence-corrected chi connectivity index (χ1v) is 16.8. The van der Waals surface area contributed by atoms with Crippen LogP contribution < -0.4 is 15.6 Å². The van der Waals surface area contributed by atoms with E-state index in [0.717, 1.165) is 34.9 Å². The van der Waals surface area contributed by atoms with E-state index in [0.29, 0.717) is 42.3 Å². The van der Waals surface area contributed by atoms with Crippen LogP contribution in [-0.4, -0.2) is 42.2 Å². The minimum Gasteiger partial charge on any atom is -0.494 e. The SMILES string of the molecule is [N-]=[N+]=NCc1ccccc1[C@@H]1OC(c2ccc(OCCCO)cc2)=N[C@]1(Cc1ccc(Br)cc1)C(=O)NNCCCCc1ccccc1. The lowest BCUT2D eigenvalue weighted by Crippen LogP contribution is -2.54. The number of halogens is 1. The molecule has 11 heteroatoms. The first-order valence-electron chi connectivity index (χ1n) is 16.0. The molecule has 3 N–H and O–H groups in total. The summed E-state index contributed by atoms with van der Waals surface area (Å²) in [5, 5.41) is 12.9. The number of aliphatic hydroxyl groups is 1. The molecule has 0 aromatic heterocycles. The van der Waals surface area contributed by atoms with Crippen LogP contribution in [0.5, 0.6) is 5.75 Å². The molecule has 4 aromatic carbocycles. The number of hydrogen-bond acceptors (Lipinski definition) is 7. The van der Waals surface area contributed by atoms with Gasteiger partial charge in [-0.3, -0.25) is 10.2 Å². The highest BCUT2D eigenvalue weighted by Gasteiger charge is 2.53. The zero-order valence-corrected chi connectivity index (χ0v) is 28.2. The predicted molar refractivity (Wildman–Crippen MR) is 189 cm³/mol. The van der Waals surface area contributed by atoms with Gasteiger partial charge in [0.05, 0.1) is 13.2 Å². The fraction of sp³-hybridized carbons (Fsp3) is 0.297. The summed E-state index contributed by atoms with van der Waals surface area (Å²) in [5.41, 5.74) is 18.1. The summed E-state index contributed by atoms with van der Waals surface area (Å²) in [6.45, 7) is 1.13. The van der Waals surface area contributed by atoms with E-state index in [2.05, 4.69) is 48.9 Å². The molecular weight excluding hydrogens is 672 g/mol. The lowest BCUT2D eigenvalue weighted by molar-refractivity contribution is -0.130. The van der Waals surface area contributed by atoms with Crippen LogP contribution in [0, 0.1) is 0 Å². The lowest BCUT2D eigenvalue weighted by Gasteiger charge is -2.32. The van der Waals surface area contributed by atoms with Crippen molar-refractivity contribution in [3.63, 3.8) is 0 Å². The van der Waals surface area contributed by atoms with Crippen molar-refractivity contribution in [3.05, 3.63) is 146 Å². The number of benzene rings is 4. The molecule has 2 atom stereocenters. The van der Waals surface area contributed by atoms with Gasteiger partial charge in [-0.2, -0.15) is 0 Å². The van der Waals surface area contributed by atoms with E-state index in [1.807, 2.05) is 91.0 Å². The summed E-state index contributed by atoms with van der Waals surface area (Å²) in [5.74, 6) is 0.629. The average Bonchev–Trinajstić information content (AvgIpc) is 3.50. The van der Waals surface area contributed by atoms with E-state index in [1.54, 1.807) is 0 Å². The number of unbranched alkanes of at least 4 members (excludes halogenated alkanes) is 1. The van der Waals surface area contributed by atoms with Crippen molar-refractivity contribution in [3.8, 4) is 5.75 Å². The number of aliphatic imine (C=N–C) groups is 1. The normalized spacial score (nSPS) is 16.8. The van der Waals surface area contributed by atoms with Crippen molar-refractivity contribution >= 4 is 27.7 Å². The molecule has 1 aliphatic rings. The Kier molecular flexibility index (Phi) is 12.6. The highest BCUT2D eigenvalue weighted by atomic mass is 79.9. The lowest BCUT2D eigenvalue weighted by atomic mass is 9.81. The predicted octanol–water partition coefficient (Wildman–Crippen LogP) is 7.16. The molecule has 5 rings (SSSR count). The van der Waals surface area contributed by atoms with Crippen LogP contribution in [0.25, 0.3) is 10.4 Å². The molecule has 48 heavy (non-hydrogen) atoms. The van der Waals surface area contributed by atoms with Gasteiger partial charge in [0.2, 0.25) is 5.90 Å². The Morgan fingerprint density at radius 1 is 0.958 bits per heavy atom. The number of amides is 1. The van der Waals surface area contributed by atoms with Gasteiger partial charge >= 0.3 is 0 Å². The van der Waals surface area contributed by atoms with Crippen molar-refractivity contribution in [1.82, 2.24) is 10.9 Å². The highest BCUT2D eigenvalue weighted by molar-refractivity contribution is 9.10. The molecule has 1 aliphatic heterocycles. The molecule has 0 saturated carbocycles. The van der Waals surface area contributed by atoms with Crippen molar-refractivity contribution in [1.29, 1.82) is 0 Å². The van der Waals surface area contributed by atoms with Crippen molar-refractivity contribution < 1.29 is 19.4 Å². The van der Waals surface area contributed by atoms with E-state index in [-0.39, 0.29) is 25.5 Å². The number of ether oxygens (including phenoxy) is 2. The largest absolute Gasteiger partial charge is 0.494 e. The van der Waals surface area contributed by atoms with Gasteiger partial charge in [-0.25, -0.2) is 10.4 Å². The number of azide groups is 1. The van der Waals surface area contributed by atoms with Gasteiger partial charge in [0, 0.05) is 40.9 Å². The number of carbonyl (C=O) groups is 1. The van der Waals surface area contributed by atoms with Gasteiger partial charge in [0.25, 0.3) is 5.91 Å². The van der Waals surface area contributed by atoms with Crippen LogP contribution >= 0.6 is 15.9 Å². The first-order chi connectivity index (χ1) is 23.5. The molecule has 248 valence electrons. The molecule has 0 unspecified atom stereocenters. The third kappa shape index (κ3) is 9.02. The molecule has 0 saturated heterocycles. The summed E-state index contributed by atoms with van der Waals surface area (Å²) in [6, 6.07) is 33.0. The number of carbonyl (C=O) groups excluding carboxylic acids is 1. The topological polar surface area (TPSA) is 141 Å². The number of hydrogen-bond donors (Lipinski definition) is 3. The molecule has 4 aromatic rings. The van der Waals surface area contributed by atoms with Gasteiger partial charge < -0.3 is 14.6 Å². The van der Waals surface area contributed by atoms with E-state index in [4.69, 9.17) is 25.1 Å². The number of hydrazine groups is 1. The molecule has 0 radical (unpaired) electrons. The average molecular weight is 712 g/mol. The molecule has 0 fully saturated rings. The summed E-state index contributed by atoms with van der Waals surface area (Å²) < 4.78 is 13.3. The number of aliphatic hydroxyl groups excluding tert-OH is 1. The maximum atomic E-state index is 14.5. The van der Waals surface area contributed by atoms with Crippen LogP contribution in [0.1, 0.15) is 53.2 Å². The number of nitrogens with one attached hydrogen (secondary N) is 2. The Labute approximate surface area is 288 Å². The van der Waals surface area contributed by atoms with Crippen LogP contribution in [-0.2, 0) is 28.9 Å². The van der Waals surface area contributed by atoms with Crippen molar-refractivity contribution in [2.75, 3.05) is 19.8 Å².